The van der Waals surface area contributed by atoms with Crippen molar-refractivity contribution in [1.82, 2.24) is 10.6 Å². The van der Waals surface area contributed by atoms with Crippen LogP contribution in [0.25, 0.3) is 0 Å². The SMILES string of the molecule is CC(C(=O)NCCc1c(Cl)cccc1Cl)C1CNC1.Cl. The van der Waals surface area contributed by atoms with Crippen LogP contribution in [0.4, 0.5) is 0 Å². The largest absolute Gasteiger partial charge is 0.356 e. The van der Waals surface area contributed by atoms with Crippen LogP contribution in [-0.2, 0) is 11.2 Å². The number of benzene rings is 1. The minimum atomic E-state index is 0. The summed E-state index contributed by atoms with van der Waals surface area (Å²) in [5.74, 6) is 0.626. The summed E-state index contributed by atoms with van der Waals surface area (Å²) in [6, 6.07) is 5.44. The van der Waals surface area contributed by atoms with E-state index in [0.29, 0.717) is 28.9 Å². The molecule has 1 aliphatic heterocycles. The average Bonchev–Trinajstić information content (AvgIpc) is 2.30. The highest BCUT2D eigenvalue weighted by atomic mass is 35.5. The second-order valence-corrected chi connectivity index (χ2v) is 5.76. The molecule has 1 heterocycles. The van der Waals surface area contributed by atoms with Gasteiger partial charge in [-0.1, -0.05) is 36.2 Å². The second-order valence-electron chi connectivity index (χ2n) is 4.95. The van der Waals surface area contributed by atoms with Gasteiger partial charge in [0.15, 0.2) is 0 Å². The summed E-state index contributed by atoms with van der Waals surface area (Å²) < 4.78 is 0. The third-order valence-corrected chi connectivity index (χ3v) is 4.38. The number of carbonyl (C=O) groups is 1. The molecule has 1 amide bonds. The van der Waals surface area contributed by atoms with Gasteiger partial charge >= 0.3 is 0 Å². The first-order chi connectivity index (χ1) is 9.09. The predicted molar refractivity (Wildman–Crippen MR) is 85.9 cm³/mol. The highest BCUT2D eigenvalue weighted by Gasteiger charge is 2.28. The third-order valence-electron chi connectivity index (χ3n) is 3.67. The zero-order valence-corrected chi connectivity index (χ0v) is 13.6. The Bertz CT molecular complexity index is 443. The molecule has 0 spiro atoms. The minimum absolute atomic E-state index is 0. The van der Waals surface area contributed by atoms with E-state index >= 15 is 0 Å². The van der Waals surface area contributed by atoms with Crippen molar-refractivity contribution >= 4 is 41.5 Å². The molecule has 0 radical (unpaired) electrons. The molecule has 0 bridgehead atoms. The Balaban J connectivity index is 0.00000200. The van der Waals surface area contributed by atoms with Gasteiger partial charge in [-0.25, -0.2) is 0 Å². The van der Waals surface area contributed by atoms with Crippen molar-refractivity contribution in [3.63, 3.8) is 0 Å². The molecule has 0 aromatic heterocycles. The van der Waals surface area contributed by atoms with Gasteiger partial charge in [-0.05, 0) is 43.1 Å². The molecule has 0 saturated carbocycles. The minimum Gasteiger partial charge on any atom is -0.356 e. The number of carbonyl (C=O) groups excluding carboxylic acids is 1. The van der Waals surface area contributed by atoms with Gasteiger partial charge < -0.3 is 10.6 Å². The average molecular weight is 338 g/mol. The molecule has 1 atom stereocenters. The maximum atomic E-state index is 11.9. The van der Waals surface area contributed by atoms with E-state index in [4.69, 9.17) is 23.2 Å². The Hall–Kier alpha value is -0.480. The monoisotopic (exact) mass is 336 g/mol. The second kappa shape index (κ2) is 8.08. The molecule has 6 heteroatoms. The summed E-state index contributed by atoms with van der Waals surface area (Å²) in [5.41, 5.74) is 0.893. The van der Waals surface area contributed by atoms with Gasteiger partial charge in [-0.3, -0.25) is 4.79 Å². The van der Waals surface area contributed by atoms with E-state index in [1.165, 1.54) is 0 Å². The van der Waals surface area contributed by atoms with Crippen LogP contribution in [0.5, 0.6) is 0 Å². The quantitative estimate of drug-likeness (QED) is 0.867. The summed E-state index contributed by atoms with van der Waals surface area (Å²) in [4.78, 5) is 11.9. The Morgan fingerprint density at radius 3 is 2.50 bits per heavy atom. The van der Waals surface area contributed by atoms with Crippen LogP contribution in [0.15, 0.2) is 18.2 Å². The fourth-order valence-electron chi connectivity index (χ4n) is 2.12. The number of hydrogen-bond acceptors (Lipinski definition) is 2. The molecule has 1 saturated heterocycles. The van der Waals surface area contributed by atoms with Crippen LogP contribution >= 0.6 is 35.6 Å². The van der Waals surface area contributed by atoms with E-state index in [0.717, 1.165) is 18.7 Å². The van der Waals surface area contributed by atoms with Crippen molar-refractivity contribution in [2.24, 2.45) is 11.8 Å². The highest BCUT2D eigenvalue weighted by molar-refractivity contribution is 6.35. The molecule has 112 valence electrons. The topological polar surface area (TPSA) is 41.1 Å². The van der Waals surface area contributed by atoms with Crippen molar-refractivity contribution in [2.45, 2.75) is 13.3 Å². The van der Waals surface area contributed by atoms with Gasteiger partial charge in [-0.15, -0.1) is 12.4 Å². The van der Waals surface area contributed by atoms with E-state index in [2.05, 4.69) is 10.6 Å². The van der Waals surface area contributed by atoms with Crippen molar-refractivity contribution in [3.8, 4) is 0 Å². The summed E-state index contributed by atoms with van der Waals surface area (Å²) in [5, 5.41) is 7.43. The molecule has 1 unspecified atom stereocenters. The number of halogens is 3. The Kier molecular flexibility index (Phi) is 7.10. The van der Waals surface area contributed by atoms with E-state index < -0.39 is 0 Å². The molecular formula is C14H19Cl3N2O. The highest BCUT2D eigenvalue weighted by Crippen LogP contribution is 2.24. The van der Waals surface area contributed by atoms with Gasteiger partial charge in [0.1, 0.15) is 0 Å². The maximum absolute atomic E-state index is 11.9. The lowest BCUT2D eigenvalue weighted by atomic mass is 9.88. The zero-order chi connectivity index (χ0) is 13.8. The van der Waals surface area contributed by atoms with Gasteiger partial charge in [0, 0.05) is 22.5 Å². The zero-order valence-electron chi connectivity index (χ0n) is 11.3. The molecular weight excluding hydrogens is 319 g/mol. The fourth-order valence-corrected chi connectivity index (χ4v) is 2.71. The van der Waals surface area contributed by atoms with Crippen LogP contribution in [0.3, 0.4) is 0 Å². The van der Waals surface area contributed by atoms with Crippen LogP contribution < -0.4 is 10.6 Å². The van der Waals surface area contributed by atoms with Crippen LogP contribution in [0, 0.1) is 11.8 Å². The normalized spacial score (nSPS) is 15.9. The molecule has 2 rings (SSSR count). The molecule has 1 aromatic carbocycles. The van der Waals surface area contributed by atoms with Gasteiger partial charge in [0.25, 0.3) is 0 Å². The first kappa shape index (κ1) is 17.6. The number of hydrogen-bond donors (Lipinski definition) is 2. The number of rotatable bonds is 5. The van der Waals surface area contributed by atoms with E-state index in [1.54, 1.807) is 0 Å². The molecule has 3 nitrogen and oxygen atoms in total. The Morgan fingerprint density at radius 1 is 1.40 bits per heavy atom. The lowest BCUT2D eigenvalue weighted by molar-refractivity contribution is -0.126. The van der Waals surface area contributed by atoms with E-state index in [-0.39, 0.29) is 24.2 Å². The molecule has 1 aliphatic rings. The number of amides is 1. The maximum Gasteiger partial charge on any atom is 0.223 e. The Morgan fingerprint density at radius 2 is 2.00 bits per heavy atom. The van der Waals surface area contributed by atoms with Crippen LogP contribution in [0.2, 0.25) is 10.0 Å². The Labute approximate surface area is 135 Å². The predicted octanol–water partition coefficient (Wildman–Crippen LogP) is 2.93. The van der Waals surface area contributed by atoms with Crippen LogP contribution in [0.1, 0.15) is 12.5 Å². The van der Waals surface area contributed by atoms with Crippen molar-refractivity contribution in [1.29, 1.82) is 0 Å². The lowest BCUT2D eigenvalue weighted by Gasteiger charge is -2.31. The van der Waals surface area contributed by atoms with Gasteiger partial charge in [-0.2, -0.15) is 0 Å². The standard InChI is InChI=1S/C14H18Cl2N2O.ClH/c1-9(10-7-17-8-10)14(19)18-6-5-11-12(15)3-2-4-13(11)16;/h2-4,9-10,17H,5-8H2,1H3,(H,18,19);1H. The molecule has 1 aromatic rings. The van der Waals surface area contributed by atoms with Gasteiger partial charge in [0.05, 0.1) is 0 Å². The first-order valence-corrected chi connectivity index (χ1v) is 7.26. The van der Waals surface area contributed by atoms with Crippen molar-refractivity contribution in [2.75, 3.05) is 19.6 Å². The molecule has 20 heavy (non-hydrogen) atoms. The summed E-state index contributed by atoms with van der Waals surface area (Å²) in [6.45, 7) is 4.41. The van der Waals surface area contributed by atoms with Crippen molar-refractivity contribution < 1.29 is 4.79 Å². The van der Waals surface area contributed by atoms with Gasteiger partial charge in [0.2, 0.25) is 5.91 Å². The smallest absolute Gasteiger partial charge is 0.223 e. The van der Waals surface area contributed by atoms with E-state index in [9.17, 15) is 4.79 Å². The van der Waals surface area contributed by atoms with Crippen LogP contribution in [-0.4, -0.2) is 25.5 Å². The third kappa shape index (κ3) is 4.26. The van der Waals surface area contributed by atoms with E-state index in [1.807, 2.05) is 25.1 Å². The number of nitrogens with one attached hydrogen (secondary N) is 2. The fraction of sp³-hybridized carbons (Fsp3) is 0.500. The lowest BCUT2D eigenvalue weighted by Crippen LogP contribution is -2.49. The molecule has 2 N–H and O–H groups in total. The summed E-state index contributed by atoms with van der Waals surface area (Å²) in [6.07, 6.45) is 0.653. The molecule has 1 fully saturated rings. The summed E-state index contributed by atoms with van der Waals surface area (Å²) in [7, 11) is 0. The summed E-state index contributed by atoms with van der Waals surface area (Å²) >= 11 is 12.2. The molecule has 0 aliphatic carbocycles. The van der Waals surface area contributed by atoms with Crippen molar-refractivity contribution in [3.05, 3.63) is 33.8 Å². The first-order valence-electron chi connectivity index (χ1n) is 6.51.